The molecule has 1 unspecified atom stereocenters. The van der Waals surface area contributed by atoms with E-state index in [0.717, 1.165) is 12.8 Å². The van der Waals surface area contributed by atoms with Crippen molar-refractivity contribution in [1.82, 2.24) is 0 Å². The van der Waals surface area contributed by atoms with Crippen molar-refractivity contribution in [2.24, 2.45) is 16.1 Å². The van der Waals surface area contributed by atoms with Crippen molar-refractivity contribution in [1.29, 1.82) is 0 Å². The molecule has 1 aliphatic heterocycles. The molecule has 1 aromatic carbocycles. The summed E-state index contributed by atoms with van der Waals surface area (Å²) >= 11 is 0. The number of carbonyl (C=O) groups is 1. The van der Waals surface area contributed by atoms with Crippen molar-refractivity contribution in [3.05, 3.63) is 18.2 Å². The molecule has 1 heterocycles. The minimum Gasteiger partial charge on any atom is -0.506 e. The molecule has 2 N–H and O–H groups in total. The van der Waals surface area contributed by atoms with Crippen LogP contribution in [0.4, 0.5) is 5.69 Å². The van der Waals surface area contributed by atoms with E-state index in [-0.39, 0.29) is 23.2 Å². The Hall–Kier alpha value is -2.11. The summed E-state index contributed by atoms with van der Waals surface area (Å²) in [4.78, 5) is 12.1. The summed E-state index contributed by atoms with van der Waals surface area (Å²) in [5.41, 5.74) is 0.105. The van der Waals surface area contributed by atoms with Gasteiger partial charge in [0.2, 0.25) is 5.91 Å². The number of aromatic hydroxyl groups is 1. The maximum Gasteiger partial charge on any atom is 0.227 e. The van der Waals surface area contributed by atoms with Crippen molar-refractivity contribution in [2.75, 3.05) is 12.4 Å². The molecule has 6 nitrogen and oxygen atoms in total. The topological polar surface area (TPSA) is 83.3 Å². The van der Waals surface area contributed by atoms with Gasteiger partial charge in [0.15, 0.2) is 5.66 Å². The van der Waals surface area contributed by atoms with Gasteiger partial charge in [0.1, 0.15) is 11.5 Å². The Morgan fingerprint density at radius 3 is 2.95 bits per heavy atom. The highest BCUT2D eigenvalue weighted by molar-refractivity contribution is 5.94. The van der Waals surface area contributed by atoms with E-state index < -0.39 is 0 Å². The molecule has 2 aliphatic rings. The average molecular weight is 261 g/mol. The lowest BCUT2D eigenvalue weighted by Gasteiger charge is -2.12. The van der Waals surface area contributed by atoms with Crippen molar-refractivity contribution < 1.29 is 14.6 Å². The zero-order valence-electron chi connectivity index (χ0n) is 10.6. The van der Waals surface area contributed by atoms with Gasteiger partial charge in [0, 0.05) is 18.4 Å². The maximum absolute atomic E-state index is 12.1. The summed E-state index contributed by atoms with van der Waals surface area (Å²) in [5, 5.41) is 20.5. The van der Waals surface area contributed by atoms with Crippen molar-refractivity contribution >= 4 is 11.6 Å². The normalized spacial score (nSPS) is 22.5. The van der Waals surface area contributed by atoms with Crippen LogP contribution in [0.3, 0.4) is 0 Å². The highest BCUT2D eigenvalue weighted by Gasteiger charge is 2.49. The average Bonchev–Trinajstić information content (AvgIpc) is 3.02. The predicted octanol–water partition coefficient (Wildman–Crippen LogP) is 2.30. The minimum absolute atomic E-state index is 0.0302. The number of rotatable bonds is 3. The van der Waals surface area contributed by atoms with E-state index in [0.29, 0.717) is 17.9 Å². The summed E-state index contributed by atoms with van der Waals surface area (Å²) < 4.78 is 5.07. The van der Waals surface area contributed by atoms with E-state index in [1.54, 1.807) is 12.1 Å². The zero-order valence-corrected chi connectivity index (χ0v) is 10.6. The van der Waals surface area contributed by atoms with Crippen LogP contribution in [0.25, 0.3) is 0 Å². The Labute approximate surface area is 110 Å². The van der Waals surface area contributed by atoms with Gasteiger partial charge in [-0.15, -0.1) is 0 Å². The molecular weight excluding hydrogens is 246 g/mol. The lowest BCUT2D eigenvalue weighted by Crippen LogP contribution is -2.21. The van der Waals surface area contributed by atoms with E-state index in [1.165, 1.54) is 13.2 Å². The predicted molar refractivity (Wildman–Crippen MR) is 68.2 cm³/mol. The van der Waals surface area contributed by atoms with Crippen LogP contribution in [-0.2, 0) is 4.79 Å². The molecule has 0 radical (unpaired) electrons. The number of anilines is 1. The van der Waals surface area contributed by atoms with Crippen molar-refractivity contribution in [2.45, 2.75) is 24.9 Å². The maximum atomic E-state index is 12.1. The van der Waals surface area contributed by atoms with Gasteiger partial charge >= 0.3 is 0 Å². The molecule has 0 aromatic heterocycles. The molecule has 6 heteroatoms. The molecule has 0 saturated heterocycles. The second-order valence-corrected chi connectivity index (χ2v) is 4.99. The number of phenols is 1. The van der Waals surface area contributed by atoms with Crippen LogP contribution in [0.15, 0.2) is 28.4 Å². The number of carbonyl (C=O) groups excluding carboxylic acids is 1. The van der Waals surface area contributed by atoms with Crippen LogP contribution in [0.5, 0.6) is 11.5 Å². The SMILES string of the molecule is COc1ccc(O)c(NC(=O)C2CCC3(C2)N=N3)c1. The van der Waals surface area contributed by atoms with Gasteiger partial charge in [0.05, 0.1) is 12.8 Å². The lowest BCUT2D eigenvalue weighted by molar-refractivity contribution is -0.119. The van der Waals surface area contributed by atoms with Crippen LogP contribution < -0.4 is 10.1 Å². The number of methoxy groups -OCH3 is 1. The number of nitrogens with one attached hydrogen (secondary N) is 1. The molecule has 1 amide bonds. The van der Waals surface area contributed by atoms with Crippen molar-refractivity contribution in [3.63, 3.8) is 0 Å². The molecule has 100 valence electrons. The molecule has 1 aliphatic carbocycles. The third-order valence-corrected chi connectivity index (χ3v) is 3.68. The highest BCUT2D eigenvalue weighted by atomic mass is 16.5. The van der Waals surface area contributed by atoms with Gasteiger partial charge in [-0.05, 0) is 25.0 Å². The lowest BCUT2D eigenvalue weighted by atomic mass is 10.1. The highest BCUT2D eigenvalue weighted by Crippen LogP contribution is 2.47. The summed E-state index contributed by atoms with van der Waals surface area (Å²) in [6, 6.07) is 4.73. The molecular formula is C13H15N3O3. The van der Waals surface area contributed by atoms with Gasteiger partial charge in [-0.25, -0.2) is 0 Å². The van der Waals surface area contributed by atoms with E-state index in [2.05, 4.69) is 15.5 Å². The molecule has 1 aromatic rings. The van der Waals surface area contributed by atoms with Crippen LogP contribution >= 0.6 is 0 Å². The summed E-state index contributed by atoms with van der Waals surface area (Å²) in [6.45, 7) is 0. The van der Waals surface area contributed by atoms with Gasteiger partial charge < -0.3 is 15.2 Å². The molecule has 0 bridgehead atoms. The first-order valence-electron chi connectivity index (χ1n) is 6.24. The third kappa shape index (κ3) is 2.25. The van der Waals surface area contributed by atoms with Gasteiger partial charge in [-0.1, -0.05) is 0 Å². The quantitative estimate of drug-likeness (QED) is 0.819. The second-order valence-electron chi connectivity index (χ2n) is 4.99. The Bertz CT molecular complexity index is 550. The Balaban J connectivity index is 1.69. The van der Waals surface area contributed by atoms with Crippen LogP contribution in [0, 0.1) is 5.92 Å². The first-order chi connectivity index (χ1) is 9.12. The first-order valence-corrected chi connectivity index (χ1v) is 6.24. The number of hydrogen-bond donors (Lipinski definition) is 2. The van der Waals surface area contributed by atoms with E-state index >= 15 is 0 Å². The second kappa shape index (κ2) is 4.22. The molecule has 1 saturated carbocycles. The number of nitrogens with zero attached hydrogens (tertiary/aromatic N) is 2. The standard InChI is InChI=1S/C13H15N3O3/c1-19-9-2-3-11(17)10(6-9)14-12(18)8-4-5-13(7-8)15-16-13/h2-3,6,8,17H,4-5,7H2,1H3,(H,14,18). The summed E-state index contributed by atoms with van der Waals surface area (Å²) in [6.07, 6.45) is 2.29. The molecule has 1 fully saturated rings. The van der Waals surface area contributed by atoms with Crippen molar-refractivity contribution in [3.8, 4) is 11.5 Å². The first kappa shape index (κ1) is 12.0. The molecule has 19 heavy (non-hydrogen) atoms. The number of ether oxygens (including phenoxy) is 1. The number of phenolic OH excluding ortho intramolecular Hbond substituents is 1. The molecule has 1 spiro atoms. The number of hydrogen-bond acceptors (Lipinski definition) is 5. The minimum atomic E-state index is -0.265. The molecule has 3 rings (SSSR count). The number of amides is 1. The van der Waals surface area contributed by atoms with E-state index in [4.69, 9.17) is 4.74 Å². The van der Waals surface area contributed by atoms with Crippen LogP contribution in [0.1, 0.15) is 19.3 Å². The van der Waals surface area contributed by atoms with Crippen LogP contribution in [-0.4, -0.2) is 23.8 Å². The zero-order chi connectivity index (χ0) is 13.5. The Morgan fingerprint density at radius 2 is 2.32 bits per heavy atom. The van der Waals surface area contributed by atoms with Gasteiger partial charge in [-0.3, -0.25) is 4.79 Å². The number of benzene rings is 1. The Kier molecular flexibility index (Phi) is 2.66. The monoisotopic (exact) mass is 261 g/mol. The smallest absolute Gasteiger partial charge is 0.227 e. The largest absolute Gasteiger partial charge is 0.506 e. The van der Waals surface area contributed by atoms with E-state index in [1.807, 2.05) is 0 Å². The Morgan fingerprint density at radius 1 is 1.53 bits per heavy atom. The summed E-state index contributed by atoms with van der Waals surface area (Å²) in [7, 11) is 1.54. The third-order valence-electron chi connectivity index (χ3n) is 3.68. The van der Waals surface area contributed by atoms with Crippen LogP contribution in [0.2, 0.25) is 0 Å². The summed E-state index contributed by atoms with van der Waals surface area (Å²) in [5.74, 6) is 0.421. The van der Waals surface area contributed by atoms with Gasteiger partial charge in [-0.2, -0.15) is 10.2 Å². The molecule has 1 atom stereocenters. The fourth-order valence-electron chi connectivity index (χ4n) is 2.46. The fraction of sp³-hybridized carbons (Fsp3) is 0.462. The van der Waals surface area contributed by atoms with Gasteiger partial charge in [0.25, 0.3) is 0 Å². The fourth-order valence-corrected chi connectivity index (χ4v) is 2.46. The van der Waals surface area contributed by atoms with E-state index in [9.17, 15) is 9.90 Å².